The quantitative estimate of drug-likeness (QED) is 0.798. The van der Waals surface area contributed by atoms with Crippen LogP contribution < -0.4 is 5.32 Å². The van der Waals surface area contributed by atoms with Gasteiger partial charge in [-0.3, -0.25) is 9.78 Å². The monoisotopic (exact) mass is 206 g/mol. The van der Waals surface area contributed by atoms with Gasteiger partial charge in [0.15, 0.2) is 0 Å². The predicted molar refractivity (Wildman–Crippen MR) is 60.4 cm³/mol. The smallest absolute Gasteiger partial charge is 0.220 e. The summed E-state index contributed by atoms with van der Waals surface area (Å²) in [6, 6.07) is 5.81. The normalized spacial score (nSPS) is 10.3. The van der Waals surface area contributed by atoms with Crippen molar-refractivity contribution in [3.63, 3.8) is 0 Å². The molecule has 1 amide bonds. The molecule has 0 unspecified atom stereocenters. The third-order valence-electron chi connectivity index (χ3n) is 2.02. The number of rotatable bonds is 5. The van der Waals surface area contributed by atoms with Crippen LogP contribution in [0.3, 0.4) is 0 Å². The van der Waals surface area contributed by atoms with Gasteiger partial charge in [0.2, 0.25) is 5.91 Å². The molecule has 1 aromatic rings. The molecule has 0 aromatic carbocycles. The van der Waals surface area contributed by atoms with E-state index in [1.165, 1.54) is 0 Å². The molecule has 0 aliphatic heterocycles. The molecule has 0 aliphatic carbocycles. The first kappa shape index (κ1) is 11.7. The molecule has 0 aliphatic rings. The molecule has 3 nitrogen and oxygen atoms in total. The summed E-state index contributed by atoms with van der Waals surface area (Å²) in [5, 5.41) is 2.88. The van der Waals surface area contributed by atoms with Gasteiger partial charge >= 0.3 is 0 Å². The van der Waals surface area contributed by atoms with Crippen molar-refractivity contribution in [3.8, 4) is 0 Å². The first-order chi connectivity index (χ1) is 7.18. The van der Waals surface area contributed by atoms with Crippen molar-refractivity contribution in [2.75, 3.05) is 6.54 Å². The fourth-order valence-corrected chi connectivity index (χ4v) is 1.32. The molecule has 82 valence electrons. The van der Waals surface area contributed by atoms with Gasteiger partial charge in [0, 0.05) is 31.3 Å². The average Bonchev–Trinajstić information content (AvgIpc) is 2.18. The molecule has 1 N–H and O–H groups in total. The van der Waals surface area contributed by atoms with Gasteiger partial charge in [0.25, 0.3) is 0 Å². The van der Waals surface area contributed by atoms with Crippen LogP contribution in [0.4, 0.5) is 0 Å². The van der Waals surface area contributed by atoms with E-state index in [-0.39, 0.29) is 5.91 Å². The Hall–Kier alpha value is -1.38. The highest BCUT2D eigenvalue weighted by atomic mass is 16.1. The van der Waals surface area contributed by atoms with E-state index in [0.717, 1.165) is 12.1 Å². The Bertz CT molecular complexity index is 296. The largest absolute Gasteiger partial charge is 0.356 e. The second-order valence-electron chi connectivity index (χ2n) is 4.02. The zero-order valence-electron chi connectivity index (χ0n) is 9.36. The molecule has 15 heavy (non-hydrogen) atoms. The topological polar surface area (TPSA) is 42.0 Å². The molecule has 3 heteroatoms. The summed E-state index contributed by atoms with van der Waals surface area (Å²) in [7, 11) is 0. The standard InChI is InChI=1S/C12H18N2O/c1-10(2)9-12(15)14-8-6-11-5-3-4-7-13-11/h3-5,7,10H,6,8-9H2,1-2H3,(H,14,15). The Balaban J connectivity index is 2.19. The summed E-state index contributed by atoms with van der Waals surface area (Å²) in [5.74, 6) is 0.542. The van der Waals surface area contributed by atoms with Gasteiger partial charge in [-0.1, -0.05) is 19.9 Å². The summed E-state index contributed by atoms with van der Waals surface area (Å²) in [6.45, 7) is 4.75. The minimum absolute atomic E-state index is 0.126. The molecule has 0 atom stereocenters. The van der Waals surface area contributed by atoms with Crippen molar-refractivity contribution >= 4 is 5.91 Å². The number of nitrogens with zero attached hydrogens (tertiary/aromatic N) is 1. The summed E-state index contributed by atoms with van der Waals surface area (Å²) in [4.78, 5) is 15.5. The molecular formula is C12H18N2O. The Labute approximate surface area is 90.9 Å². The number of aromatic nitrogens is 1. The maximum absolute atomic E-state index is 11.3. The molecule has 0 saturated carbocycles. The first-order valence-corrected chi connectivity index (χ1v) is 5.35. The fourth-order valence-electron chi connectivity index (χ4n) is 1.32. The number of hydrogen-bond acceptors (Lipinski definition) is 2. The van der Waals surface area contributed by atoms with Gasteiger partial charge in [-0.15, -0.1) is 0 Å². The molecule has 0 bridgehead atoms. The lowest BCUT2D eigenvalue weighted by atomic mass is 10.1. The Kier molecular flexibility index (Phi) is 4.81. The van der Waals surface area contributed by atoms with Crippen LogP contribution in [-0.4, -0.2) is 17.4 Å². The highest BCUT2D eigenvalue weighted by Crippen LogP contribution is 1.98. The van der Waals surface area contributed by atoms with E-state index in [1.807, 2.05) is 32.0 Å². The molecule has 0 spiro atoms. The summed E-state index contributed by atoms with van der Waals surface area (Å²) in [6.07, 6.45) is 3.16. The van der Waals surface area contributed by atoms with Gasteiger partial charge in [0.05, 0.1) is 0 Å². The summed E-state index contributed by atoms with van der Waals surface area (Å²) >= 11 is 0. The van der Waals surface area contributed by atoms with Gasteiger partial charge in [-0.05, 0) is 18.1 Å². The van der Waals surface area contributed by atoms with E-state index in [1.54, 1.807) is 6.20 Å². The maximum atomic E-state index is 11.3. The number of amides is 1. The predicted octanol–water partition coefficient (Wildman–Crippen LogP) is 1.79. The highest BCUT2D eigenvalue weighted by Gasteiger charge is 2.03. The average molecular weight is 206 g/mol. The van der Waals surface area contributed by atoms with Crippen LogP contribution in [0.25, 0.3) is 0 Å². The zero-order valence-corrected chi connectivity index (χ0v) is 9.36. The number of carbonyl (C=O) groups excluding carboxylic acids is 1. The summed E-state index contributed by atoms with van der Waals surface area (Å²) < 4.78 is 0. The number of hydrogen-bond donors (Lipinski definition) is 1. The maximum Gasteiger partial charge on any atom is 0.220 e. The number of pyridine rings is 1. The fraction of sp³-hybridized carbons (Fsp3) is 0.500. The number of carbonyl (C=O) groups is 1. The Morgan fingerprint density at radius 1 is 1.47 bits per heavy atom. The highest BCUT2D eigenvalue weighted by molar-refractivity contribution is 5.76. The van der Waals surface area contributed by atoms with Crippen molar-refractivity contribution in [1.29, 1.82) is 0 Å². The minimum Gasteiger partial charge on any atom is -0.356 e. The lowest BCUT2D eigenvalue weighted by Crippen LogP contribution is -2.26. The lowest BCUT2D eigenvalue weighted by molar-refractivity contribution is -0.121. The first-order valence-electron chi connectivity index (χ1n) is 5.35. The van der Waals surface area contributed by atoms with Gasteiger partial charge < -0.3 is 5.32 Å². The van der Waals surface area contributed by atoms with Crippen LogP contribution in [-0.2, 0) is 11.2 Å². The minimum atomic E-state index is 0.126. The van der Waals surface area contributed by atoms with Crippen LogP contribution in [0.1, 0.15) is 26.0 Å². The van der Waals surface area contributed by atoms with Crippen LogP contribution in [0.15, 0.2) is 24.4 Å². The zero-order chi connectivity index (χ0) is 11.1. The van der Waals surface area contributed by atoms with E-state index < -0.39 is 0 Å². The Morgan fingerprint density at radius 3 is 2.87 bits per heavy atom. The van der Waals surface area contributed by atoms with Gasteiger partial charge in [-0.25, -0.2) is 0 Å². The molecule has 1 heterocycles. The second kappa shape index (κ2) is 6.17. The van der Waals surface area contributed by atoms with E-state index >= 15 is 0 Å². The molecule has 0 saturated heterocycles. The van der Waals surface area contributed by atoms with Crippen molar-refractivity contribution in [2.24, 2.45) is 5.92 Å². The molecule has 1 rings (SSSR count). The van der Waals surface area contributed by atoms with Crippen molar-refractivity contribution in [1.82, 2.24) is 10.3 Å². The number of nitrogens with one attached hydrogen (secondary N) is 1. The van der Waals surface area contributed by atoms with Crippen LogP contribution in [0.5, 0.6) is 0 Å². The molecular weight excluding hydrogens is 188 g/mol. The molecule has 1 aromatic heterocycles. The third-order valence-corrected chi connectivity index (χ3v) is 2.02. The summed E-state index contributed by atoms with van der Waals surface area (Å²) in [5.41, 5.74) is 1.02. The molecule has 0 radical (unpaired) electrons. The van der Waals surface area contributed by atoms with Crippen molar-refractivity contribution in [3.05, 3.63) is 30.1 Å². The molecule has 0 fully saturated rings. The van der Waals surface area contributed by atoms with Crippen molar-refractivity contribution < 1.29 is 4.79 Å². The SMILES string of the molecule is CC(C)CC(=O)NCCc1ccccn1. The lowest BCUT2D eigenvalue weighted by Gasteiger charge is -2.06. The van der Waals surface area contributed by atoms with Crippen LogP contribution in [0.2, 0.25) is 0 Å². The van der Waals surface area contributed by atoms with Gasteiger partial charge in [-0.2, -0.15) is 0 Å². The van der Waals surface area contributed by atoms with Crippen molar-refractivity contribution in [2.45, 2.75) is 26.7 Å². The van der Waals surface area contributed by atoms with E-state index in [9.17, 15) is 4.79 Å². The van der Waals surface area contributed by atoms with E-state index in [0.29, 0.717) is 18.9 Å². The third kappa shape index (κ3) is 5.15. The second-order valence-corrected chi connectivity index (χ2v) is 4.02. The van der Waals surface area contributed by atoms with E-state index in [2.05, 4.69) is 10.3 Å². The van der Waals surface area contributed by atoms with Crippen LogP contribution in [0, 0.1) is 5.92 Å². The Morgan fingerprint density at radius 2 is 2.27 bits per heavy atom. The van der Waals surface area contributed by atoms with Crippen LogP contribution >= 0.6 is 0 Å². The van der Waals surface area contributed by atoms with E-state index in [4.69, 9.17) is 0 Å². The van der Waals surface area contributed by atoms with Gasteiger partial charge in [0.1, 0.15) is 0 Å².